The standard InChI is InChI=1S/C16H20N2O2S2/c1-3-7-17-15(5-1)21-13-11-19-9-10-20-12-14-22-16-6-2-4-8-18-16/h1-8H,9-14H2. The van der Waals surface area contributed by atoms with E-state index in [0.717, 1.165) is 21.6 Å². The molecule has 0 atom stereocenters. The van der Waals surface area contributed by atoms with Crippen molar-refractivity contribution in [1.82, 2.24) is 9.97 Å². The average Bonchev–Trinajstić information content (AvgIpc) is 2.58. The second-order valence-electron chi connectivity index (χ2n) is 4.26. The van der Waals surface area contributed by atoms with Crippen LogP contribution in [-0.4, -0.2) is 47.9 Å². The highest BCUT2D eigenvalue weighted by Crippen LogP contribution is 2.13. The molecule has 0 aliphatic rings. The van der Waals surface area contributed by atoms with Crippen molar-refractivity contribution in [2.45, 2.75) is 10.1 Å². The highest BCUT2D eigenvalue weighted by atomic mass is 32.2. The maximum absolute atomic E-state index is 5.53. The third-order valence-electron chi connectivity index (χ3n) is 2.60. The van der Waals surface area contributed by atoms with E-state index in [1.165, 1.54) is 0 Å². The van der Waals surface area contributed by atoms with Crippen molar-refractivity contribution in [3.63, 3.8) is 0 Å². The van der Waals surface area contributed by atoms with Crippen molar-refractivity contribution in [2.75, 3.05) is 37.9 Å². The van der Waals surface area contributed by atoms with Gasteiger partial charge in [0.2, 0.25) is 0 Å². The number of hydrogen-bond donors (Lipinski definition) is 0. The van der Waals surface area contributed by atoms with E-state index in [9.17, 15) is 0 Å². The number of hydrogen-bond acceptors (Lipinski definition) is 6. The van der Waals surface area contributed by atoms with E-state index in [4.69, 9.17) is 9.47 Å². The van der Waals surface area contributed by atoms with Crippen molar-refractivity contribution in [3.8, 4) is 0 Å². The van der Waals surface area contributed by atoms with Gasteiger partial charge in [-0.25, -0.2) is 9.97 Å². The molecule has 2 rings (SSSR count). The molecule has 0 aliphatic heterocycles. The van der Waals surface area contributed by atoms with Gasteiger partial charge in [-0.3, -0.25) is 0 Å². The van der Waals surface area contributed by atoms with Gasteiger partial charge in [-0.15, -0.1) is 23.5 Å². The maximum Gasteiger partial charge on any atom is 0.0960 e. The molecule has 0 N–H and O–H groups in total. The molecule has 0 fully saturated rings. The van der Waals surface area contributed by atoms with E-state index in [2.05, 4.69) is 9.97 Å². The predicted molar refractivity (Wildman–Crippen MR) is 91.6 cm³/mol. The van der Waals surface area contributed by atoms with Crippen LogP contribution in [0.25, 0.3) is 0 Å². The first-order valence-corrected chi connectivity index (χ1v) is 9.15. The molecule has 4 nitrogen and oxygen atoms in total. The van der Waals surface area contributed by atoms with Gasteiger partial charge in [-0.1, -0.05) is 12.1 Å². The molecule has 0 saturated carbocycles. The molecular weight excluding hydrogens is 316 g/mol. The first-order chi connectivity index (χ1) is 10.9. The lowest BCUT2D eigenvalue weighted by atomic mass is 10.5. The van der Waals surface area contributed by atoms with Crippen molar-refractivity contribution in [1.29, 1.82) is 0 Å². The maximum atomic E-state index is 5.53. The summed E-state index contributed by atoms with van der Waals surface area (Å²) in [7, 11) is 0. The third kappa shape index (κ3) is 7.79. The Hall–Kier alpha value is -1.08. The van der Waals surface area contributed by atoms with Gasteiger partial charge in [0, 0.05) is 23.9 Å². The Morgan fingerprint density at radius 2 is 1.18 bits per heavy atom. The van der Waals surface area contributed by atoms with E-state index in [0.29, 0.717) is 26.4 Å². The number of rotatable bonds is 11. The molecule has 0 radical (unpaired) electrons. The molecule has 2 aromatic rings. The monoisotopic (exact) mass is 336 g/mol. The Kier molecular flexibility index (Phi) is 9.02. The van der Waals surface area contributed by atoms with Crippen molar-refractivity contribution < 1.29 is 9.47 Å². The summed E-state index contributed by atoms with van der Waals surface area (Å²) in [6.45, 7) is 2.70. The SMILES string of the molecule is c1ccc(SCCOCCOCCSc2ccccn2)nc1. The zero-order valence-corrected chi connectivity index (χ0v) is 14.0. The summed E-state index contributed by atoms with van der Waals surface area (Å²) in [5.41, 5.74) is 0. The van der Waals surface area contributed by atoms with Gasteiger partial charge < -0.3 is 9.47 Å². The lowest BCUT2D eigenvalue weighted by Crippen LogP contribution is -2.08. The number of pyridine rings is 2. The number of thioether (sulfide) groups is 2. The van der Waals surface area contributed by atoms with Crippen LogP contribution in [0.15, 0.2) is 58.8 Å². The van der Waals surface area contributed by atoms with Crippen molar-refractivity contribution in [3.05, 3.63) is 48.8 Å². The largest absolute Gasteiger partial charge is 0.378 e. The molecule has 0 bridgehead atoms. The molecule has 0 spiro atoms. The normalized spacial score (nSPS) is 10.7. The van der Waals surface area contributed by atoms with Gasteiger partial charge in [0.1, 0.15) is 0 Å². The molecule has 2 heterocycles. The molecule has 22 heavy (non-hydrogen) atoms. The molecule has 0 saturated heterocycles. The van der Waals surface area contributed by atoms with Crippen LogP contribution in [0.1, 0.15) is 0 Å². The minimum absolute atomic E-state index is 0.636. The first kappa shape index (κ1) is 17.3. The summed E-state index contributed by atoms with van der Waals surface area (Å²) in [4.78, 5) is 8.49. The first-order valence-electron chi connectivity index (χ1n) is 7.18. The average molecular weight is 336 g/mol. The molecule has 0 aliphatic carbocycles. The minimum Gasteiger partial charge on any atom is -0.378 e. The quantitative estimate of drug-likeness (QED) is 0.463. The summed E-state index contributed by atoms with van der Waals surface area (Å²) in [6.07, 6.45) is 3.61. The Morgan fingerprint density at radius 1 is 0.682 bits per heavy atom. The molecule has 0 aromatic carbocycles. The fourth-order valence-electron chi connectivity index (χ4n) is 1.60. The van der Waals surface area contributed by atoms with E-state index >= 15 is 0 Å². The summed E-state index contributed by atoms with van der Waals surface area (Å²) in [5.74, 6) is 1.82. The van der Waals surface area contributed by atoms with E-state index in [-0.39, 0.29) is 0 Å². The Bertz CT molecular complexity index is 453. The Labute approximate surface area is 140 Å². The fourth-order valence-corrected chi connectivity index (χ4v) is 3.04. The van der Waals surface area contributed by atoms with E-state index in [1.807, 2.05) is 36.4 Å². The summed E-state index contributed by atoms with van der Waals surface area (Å²) >= 11 is 3.41. The predicted octanol–water partition coefficient (Wildman–Crippen LogP) is 3.39. The molecule has 6 heteroatoms. The molecule has 0 unspecified atom stereocenters. The van der Waals surface area contributed by atoms with Gasteiger partial charge in [0.25, 0.3) is 0 Å². The Morgan fingerprint density at radius 3 is 1.59 bits per heavy atom. The summed E-state index contributed by atoms with van der Waals surface area (Å²) < 4.78 is 11.1. The molecule has 0 amide bonds. The number of ether oxygens (including phenoxy) is 2. The summed E-state index contributed by atoms with van der Waals surface area (Å²) in [6, 6.07) is 11.8. The third-order valence-corrected chi connectivity index (χ3v) is 4.42. The van der Waals surface area contributed by atoms with Crippen molar-refractivity contribution >= 4 is 23.5 Å². The zero-order chi connectivity index (χ0) is 15.3. The molecule has 2 aromatic heterocycles. The Balaban J connectivity index is 1.37. The van der Waals surface area contributed by atoms with Gasteiger partial charge in [0.05, 0.1) is 36.5 Å². The molecule has 118 valence electrons. The van der Waals surface area contributed by atoms with Gasteiger partial charge in [-0.2, -0.15) is 0 Å². The van der Waals surface area contributed by atoms with Gasteiger partial charge in [-0.05, 0) is 24.3 Å². The molecular formula is C16H20N2O2S2. The van der Waals surface area contributed by atoms with Crippen LogP contribution in [0.5, 0.6) is 0 Å². The van der Waals surface area contributed by atoms with Crippen LogP contribution in [0, 0.1) is 0 Å². The van der Waals surface area contributed by atoms with E-state index < -0.39 is 0 Å². The lowest BCUT2D eigenvalue weighted by Gasteiger charge is -2.05. The van der Waals surface area contributed by atoms with Crippen LogP contribution in [-0.2, 0) is 9.47 Å². The second kappa shape index (κ2) is 11.5. The minimum atomic E-state index is 0.636. The van der Waals surface area contributed by atoms with Gasteiger partial charge in [0.15, 0.2) is 0 Å². The van der Waals surface area contributed by atoms with Crippen LogP contribution >= 0.6 is 23.5 Å². The highest BCUT2D eigenvalue weighted by Gasteiger charge is 1.96. The lowest BCUT2D eigenvalue weighted by molar-refractivity contribution is 0.0605. The van der Waals surface area contributed by atoms with E-state index in [1.54, 1.807) is 35.9 Å². The van der Waals surface area contributed by atoms with Crippen molar-refractivity contribution in [2.24, 2.45) is 0 Å². The second-order valence-corrected chi connectivity index (χ2v) is 6.49. The fraction of sp³-hybridized carbons (Fsp3) is 0.375. The van der Waals surface area contributed by atoms with Crippen LogP contribution < -0.4 is 0 Å². The number of aromatic nitrogens is 2. The topological polar surface area (TPSA) is 44.2 Å². The highest BCUT2D eigenvalue weighted by molar-refractivity contribution is 7.99. The zero-order valence-electron chi connectivity index (χ0n) is 12.4. The smallest absolute Gasteiger partial charge is 0.0960 e. The van der Waals surface area contributed by atoms with Crippen LogP contribution in [0.3, 0.4) is 0 Å². The van der Waals surface area contributed by atoms with Crippen LogP contribution in [0.4, 0.5) is 0 Å². The van der Waals surface area contributed by atoms with Gasteiger partial charge >= 0.3 is 0 Å². The van der Waals surface area contributed by atoms with Crippen LogP contribution in [0.2, 0.25) is 0 Å². The number of nitrogens with zero attached hydrogens (tertiary/aromatic N) is 2. The summed E-state index contributed by atoms with van der Waals surface area (Å²) in [5, 5.41) is 2.07.